The second-order valence-electron chi connectivity index (χ2n) is 6.70. The molecule has 2 amide bonds. The third-order valence-corrected chi connectivity index (χ3v) is 5.78. The predicted molar refractivity (Wildman–Crippen MR) is 124 cm³/mol. The number of carbonyl (C=O) groups is 2. The highest BCUT2D eigenvalue weighted by Crippen LogP contribution is 2.34. The zero-order chi connectivity index (χ0) is 21.8. The molecule has 0 bridgehead atoms. The van der Waals surface area contributed by atoms with Crippen molar-refractivity contribution in [2.24, 2.45) is 5.92 Å². The Bertz CT molecular complexity index is 808. The molecular weight excluding hydrogens is 475 g/mol. The summed E-state index contributed by atoms with van der Waals surface area (Å²) in [5.41, 5.74) is 0.795. The van der Waals surface area contributed by atoms with E-state index < -0.39 is 10.0 Å². The van der Waals surface area contributed by atoms with Gasteiger partial charge in [-0.2, -0.15) is 0 Å². The lowest BCUT2D eigenvalue weighted by Gasteiger charge is -2.26. The standard InChI is InChI=1S/C19H21Cl3N2O3S2/c1-4-24-16(26)14(29-18(24)28)10-12-5-7-13(8-6-12)27-17(19(20,21)22)23-15(25)9-11(2)3/h5-8,10-11,17H,4,9H2,1-3H3,(H,23,25)/b14-10-/t17-/m0/s1. The molecule has 5 nitrogen and oxygen atoms in total. The molecule has 1 saturated heterocycles. The highest BCUT2D eigenvalue weighted by atomic mass is 35.6. The molecule has 2 rings (SSSR count). The maximum absolute atomic E-state index is 12.3. The molecule has 1 heterocycles. The van der Waals surface area contributed by atoms with Crippen LogP contribution in [0.2, 0.25) is 0 Å². The van der Waals surface area contributed by atoms with E-state index in [9.17, 15) is 9.59 Å². The van der Waals surface area contributed by atoms with Crippen LogP contribution in [0.15, 0.2) is 29.2 Å². The maximum atomic E-state index is 12.3. The van der Waals surface area contributed by atoms with Gasteiger partial charge >= 0.3 is 0 Å². The lowest BCUT2D eigenvalue weighted by molar-refractivity contribution is -0.124. The zero-order valence-electron chi connectivity index (χ0n) is 16.1. The van der Waals surface area contributed by atoms with E-state index in [1.807, 2.05) is 20.8 Å². The van der Waals surface area contributed by atoms with Gasteiger partial charge in [-0.05, 0) is 36.6 Å². The largest absolute Gasteiger partial charge is 0.466 e. The molecule has 0 spiro atoms. The number of amides is 2. The van der Waals surface area contributed by atoms with Crippen molar-refractivity contribution >= 4 is 81.0 Å². The number of carbonyl (C=O) groups excluding carboxylic acids is 2. The first-order chi connectivity index (χ1) is 13.5. The van der Waals surface area contributed by atoms with Crippen molar-refractivity contribution < 1.29 is 14.3 Å². The fourth-order valence-electron chi connectivity index (χ4n) is 2.46. The molecule has 0 radical (unpaired) electrons. The van der Waals surface area contributed by atoms with Crippen molar-refractivity contribution in [1.29, 1.82) is 0 Å². The number of rotatable bonds is 7. The SMILES string of the molecule is CCN1C(=O)/C(=C/c2ccc(O[C@H](NC(=O)CC(C)C)C(Cl)(Cl)Cl)cc2)SC1=S. The van der Waals surface area contributed by atoms with Crippen molar-refractivity contribution in [3.8, 4) is 5.75 Å². The number of hydrogen-bond donors (Lipinski definition) is 1. The minimum Gasteiger partial charge on any atom is -0.466 e. The summed E-state index contributed by atoms with van der Waals surface area (Å²) >= 11 is 24.3. The lowest BCUT2D eigenvalue weighted by Crippen LogP contribution is -2.48. The number of nitrogens with zero attached hydrogens (tertiary/aromatic N) is 1. The molecule has 10 heteroatoms. The smallest absolute Gasteiger partial charge is 0.266 e. The summed E-state index contributed by atoms with van der Waals surface area (Å²) in [6, 6.07) is 6.87. The van der Waals surface area contributed by atoms with Crippen LogP contribution >= 0.6 is 58.8 Å². The van der Waals surface area contributed by atoms with Crippen molar-refractivity contribution in [2.45, 2.75) is 37.2 Å². The van der Waals surface area contributed by atoms with Crippen LogP contribution in [0, 0.1) is 5.92 Å². The molecule has 0 aromatic heterocycles. The molecule has 1 aliphatic rings. The Kier molecular flexibility index (Phi) is 8.67. The molecule has 0 saturated carbocycles. The second-order valence-corrected chi connectivity index (χ2v) is 10.7. The Balaban J connectivity index is 2.10. The Morgan fingerprint density at radius 3 is 2.41 bits per heavy atom. The summed E-state index contributed by atoms with van der Waals surface area (Å²) in [5.74, 6) is 0.188. The topological polar surface area (TPSA) is 58.6 Å². The molecule has 1 atom stereocenters. The first-order valence-electron chi connectivity index (χ1n) is 8.89. The molecule has 1 fully saturated rings. The van der Waals surface area contributed by atoms with E-state index in [0.717, 1.165) is 5.56 Å². The van der Waals surface area contributed by atoms with E-state index in [2.05, 4.69) is 5.32 Å². The van der Waals surface area contributed by atoms with Crippen LogP contribution in [0.5, 0.6) is 5.75 Å². The number of thioether (sulfide) groups is 1. The average molecular weight is 496 g/mol. The average Bonchev–Trinajstić information content (AvgIpc) is 2.87. The van der Waals surface area contributed by atoms with E-state index in [0.29, 0.717) is 21.5 Å². The number of halogens is 3. The lowest BCUT2D eigenvalue weighted by atomic mass is 10.1. The van der Waals surface area contributed by atoms with E-state index in [1.165, 1.54) is 11.8 Å². The fourth-order valence-corrected chi connectivity index (χ4v) is 4.14. The van der Waals surface area contributed by atoms with Gasteiger partial charge in [0.2, 0.25) is 15.9 Å². The summed E-state index contributed by atoms with van der Waals surface area (Å²) in [6.45, 7) is 6.24. The van der Waals surface area contributed by atoms with E-state index in [-0.39, 0.29) is 24.2 Å². The van der Waals surface area contributed by atoms with Crippen LogP contribution < -0.4 is 10.1 Å². The Morgan fingerprint density at radius 1 is 1.31 bits per heavy atom. The van der Waals surface area contributed by atoms with E-state index in [1.54, 1.807) is 35.2 Å². The van der Waals surface area contributed by atoms with Crippen molar-refractivity contribution in [1.82, 2.24) is 10.2 Å². The number of alkyl halides is 3. The maximum Gasteiger partial charge on any atom is 0.266 e. The highest BCUT2D eigenvalue weighted by molar-refractivity contribution is 8.26. The number of likely N-dealkylation sites (N-methyl/N-ethyl adjacent to an activating group) is 1. The summed E-state index contributed by atoms with van der Waals surface area (Å²) in [7, 11) is 0. The van der Waals surface area contributed by atoms with Crippen LogP contribution in [0.3, 0.4) is 0 Å². The molecular formula is C19H21Cl3N2O3S2. The van der Waals surface area contributed by atoms with Gasteiger partial charge in [-0.25, -0.2) is 0 Å². The van der Waals surface area contributed by atoms with Crippen molar-refractivity contribution in [3.63, 3.8) is 0 Å². The van der Waals surface area contributed by atoms with E-state index >= 15 is 0 Å². The summed E-state index contributed by atoms with van der Waals surface area (Å²) in [6.07, 6.45) is 0.899. The van der Waals surface area contributed by atoms with Gasteiger partial charge in [-0.1, -0.05) is 84.8 Å². The molecule has 1 aromatic rings. The minimum absolute atomic E-state index is 0.105. The van der Waals surface area contributed by atoms with Gasteiger partial charge in [-0.15, -0.1) is 0 Å². The number of thiocarbonyl (C=S) groups is 1. The van der Waals surface area contributed by atoms with Gasteiger partial charge in [0, 0.05) is 13.0 Å². The fraction of sp³-hybridized carbons (Fsp3) is 0.421. The molecule has 158 valence electrons. The highest BCUT2D eigenvalue weighted by Gasteiger charge is 2.36. The predicted octanol–water partition coefficient (Wildman–Crippen LogP) is 5.15. The monoisotopic (exact) mass is 494 g/mol. The Hall–Kier alpha value is -0.990. The first-order valence-corrected chi connectivity index (χ1v) is 11.2. The summed E-state index contributed by atoms with van der Waals surface area (Å²) in [5, 5.41) is 2.60. The van der Waals surface area contributed by atoms with Crippen LogP contribution in [0.1, 0.15) is 32.8 Å². The van der Waals surface area contributed by atoms with Crippen LogP contribution in [-0.4, -0.2) is 37.6 Å². The minimum atomic E-state index is -1.85. The molecule has 1 aliphatic heterocycles. The second kappa shape index (κ2) is 10.4. The molecule has 1 aromatic carbocycles. The van der Waals surface area contributed by atoms with Crippen molar-refractivity contribution in [2.75, 3.05) is 6.54 Å². The molecule has 0 aliphatic carbocycles. The number of nitrogens with one attached hydrogen (secondary N) is 1. The zero-order valence-corrected chi connectivity index (χ0v) is 20.0. The normalized spacial score (nSPS) is 17.2. The first kappa shape index (κ1) is 24.3. The van der Waals surface area contributed by atoms with Crippen LogP contribution in [0.25, 0.3) is 6.08 Å². The van der Waals surface area contributed by atoms with Crippen LogP contribution in [0.4, 0.5) is 0 Å². The quantitative estimate of drug-likeness (QED) is 0.245. The third-order valence-electron chi connectivity index (χ3n) is 3.80. The van der Waals surface area contributed by atoms with Gasteiger partial charge < -0.3 is 10.1 Å². The van der Waals surface area contributed by atoms with Gasteiger partial charge in [0.15, 0.2) is 0 Å². The molecule has 29 heavy (non-hydrogen) atoms. The molecule has 1 N–H and O–H groups in total. The third kappa shape index (κ3) is 7.03. The van der Waals surface area contributed by atoms with Gasteiger partial charge in [0.25, 0.3) is 5.91 Å². The summed E-state index contributed by atoms with van der Waals surface area (Å²) in [4.78, 5) is 26.4. The van der Waals surface area contributed by atoms with Gasteiger partial charge in [0.05, 0.1) is 4.91 Å². The van der Waals surface area contributed by atoms with Crippen LogP contribution in [-0.2, 0) is 9.59 Å². The molecule has 0 unspecified atom stereocenters. The number of ether oxygens (including phenoxy) is 1. The van der Waals surface area contributed by atoms with Crippen molar-refractivity contribution in [3.05, 3.63) is 34.7 Å². The summed E-state index contributed by atoms with van der Waals surface area (Å²) < 4.78 is 4.38. The number of hydrogen-bond acceptors (Lipinski definition) is 5. The van der Waals surface area contributed by atoms with Gasteiger partial charge in [0.1, 0.15) is 10.1 Å². The van der Waals surface area contributed by atoms with Gasteiger partial charge in [-0.3, -0.25) is 14.5 Å². The van der Waals surface area contributed by atoms with E-state index in [4.69, 9.17) is 51.8 Å². The Morgan fingerprint density at radius 2 is 1.93 bits per heavy atom. The Labute approximate surface area is 195 Å². The number of benzene rings is 1.